The molecule has 1 amide bonds. The number of hydrogen-bond donors (Lipinski definition) is 3. The lowest BCUT2D eigenvalue weighted by molar-refractivity contribution is -0.146. The van der Waals surface area contributed by atoms with Gasteiger partial charge in [0.05, 0.1) is 6.54 Å². The van der Waals surface area contributed by atoms with Gasteiger partial charge in [0.25, 0.3) is 5.91 Å². The molecule has 0 aromatic heterocycles. The molecule has 0 aliphatic rings. The molecule has 1 rings (SSSR count). The van der Waals surface area contributed by atoms with Gasteiger partial charge in [-0.3, -0.25) is 4.79 Å². The highest BCUT2D eigenvalue weighted by atomic mass is 16.5. The number of carbonyl (C=O) groups excluding carboxylic acids is 1. The zero-order valence-corrected chi connectivity index (χ0v) is 9.92. The van der Waals surface area contributed by atoms with Gasteiger partial charge in [-0.15, -0.1) is 0 Å². The molecule has 0 aliphatic carbocycles. The Bertz CT molecular complexity index is 415. The van der Waals surface area contributed by atoms with Gasteiger partial charge in [-0.1, -0.05) is 17.7 Å². The van der Waals surface area contributed by atoms with Gasteiger partial charge in [-0.2, -0.15) is 0 Å². The van der Waals surface area contributed by atoms with Crippen molar-refractivity contribution in [3.8, 4) is 5.75 Å². The van der Waals surface area contributed by atoms with Crippen LogP contribution in [0, 0.1) is 6.92 Å². The third kappa shape index (κ3) is 4.84. The zero-order valence-electron chi connectivity index (χ0n) is 9.92. The predicted octanol–water partition coefficient (Wildman–Crippen LogP) is -0.0645. The Kier molecular flexibility index (Phi) is 5.13. The summed E-state index contributed by atoms with van der Waals surface area (Å²) in [6.45, 7) is 1.37. The molecule has 0 heterocycles. The van der Waals surface area contributed by atoms with E-state index in [9.17, 15) is 9.59 Å². The molecule has 18 heavy (non-hydrogen) atoms. The molecule has 0 spiro atoms. The summed E-state index contributed by atoms with van der Waals surface area (Å²) in [6.07, 6.45) is -1.60. The second kappa shape index (κ2) is 6.61. The van der Waals surface area contributed by atoms with Gasteiger partial charge in [0.1, 0.15) is 5.75 Å². The molecule has 6 heteroatoms. The van der Waals surface area contributed by atoms with Crippen molar-refractivity contribution in [3.63, 3.8) is 0 Å². The van der Waals surface area contributed by atoms with E-state index in [1.165, 1.54) is 0 Å². The lowest BCUT2D eigenvalue weighted by Gasteiger charge is -2.09. The van der Waals surface area contributed by atoms with E-state index in [0.29, 0.717) is 5.75 Å². The monoisotopic (exact) mass is 253 g/mol. The lowest BCUT2D eigenvalue weighted by atomic mass is 10.2. The first-order chi connectivity index (χ1) is 8.49. The van der Waals surface area contributed by atoms with E-state index in [0.717, 1.165) is 5.56 Å². The molecule has 0 aliphatic heterocycles. The number of aryl methyl sites for hydroxylation is 1. The molecule has 6 nitrogen and oxygen atoms in total. The fourth-order valence-electron chi connectivity index (χ4n) is 1.13. The summed E-state index contributed by atoms with van der Waals surface area (Å²) in [6, 6.07) is 7.16. The average Bonchev–Trinajstić information content (AvgIpc) is 2.35. The second-order valence-corrected chi connectivity index (χ2v) is 3.76. The number of hydrogen-bond acceptors (Lipinski definition) is 4. The first-order valence-corrected chi connectivity index (χ1v) is 5.36. The first-order valence-electron chi connectivity index (χ1n) is 5.36. The lowest BCUT2D eigenvalue weighted by Crippen LogP contribution is -2.38. The summed E-state index contributed by atoms with van der Waals surface area (Å²) >= 11 is 0. The smallest absolute Gasteiger partial charge is 0.334 e. The van der Waals surface area contributed by atoms with Crippen LogP contribution in [0.5, 0.6) is 5.75 Å². The van der Waals surface area contributed by atoms with Crippen molar-refractivity contribution in [1.82, 2.24) is 5.32 Å². The normalized spacial score (nSPS) is 11.7. The van der Waals surface area contributed by atoms with E-state index in [4.69, 9.17) is 14.9 Å². The predicted molar refractivity (Wildman–Crippen MR) is 63.3 cm³/mol. The van der Waals surface area contributed by atoms with Crippen LogP contribution in [0.4, 0.5) is 0 Å². The minimum Gasteiger partial charge on any atom is -0.484 e. The number of aliphatic hydroxyl groups excluding tert-OH is 1. The molecule has 3 N–H and O–H groups in total. The maximum atomic E-state index is 11.3. The number of aliphatic hydroxyl groups is 1. The number of rotatable bonds is 6. The maximum Gasteiger partial charge on any atom is 0.334 e. The van der Waals surface area contributed by atoms with E-state index in [1.807, 2.05) is 19.1 Å². The van der Waals surface area contributed by atoms with Crippen molar-refractivity contribution in [1.29, 1.82) is 0 Å². The Labute approximate surface area is 104 Å². The van der Waals surface area contributed by atoms with Crippen LogP contribution in [0.15, 0.2) is 24.3 Å². The number of benzene rings is 1. The van der Waals surface area contributed by atoms with Crippen molar-refractivity contribution in [3.05, 3.63) is 29.8 Å². The van der Waals surface area contributed by atoms with Gasteiger partial charge in [0.15, 0.2) is 12.7 Å². The number of carboxylic acid groups (broad SMARTS) is 1. The van der Waals surface area contributed by atoms with Gasteiger partial charge in [0, 0.05) is 0 Å². The fourth-order valence-corrected chi connectivity index (χ4v) is 1.13. The second-order valence-electron chi connectivity index (χ2n) is 3.76. The Morgan fingerprint density at radius 2 is 1.94 bits per heavy atom. The quantitative estimate of drug-likeness (QED) is 0.660. The van der Waals surface area contributed by atoms with E-state index in [2.05, 4.69) is 5.32 Å². The third-order valence-corrected chi connectivity index (χ3v) is 2.17. The van der Waals surface area contributed by atoms with Crippen LogP contribution < -0.4 is 10.1 Å². The van der Waals surface area contributed by atoms with Crippen LogP contribution in [0.3, 0.4) is 0 Å². The summed E-state index contributed by atoms with van der Waals surface area (Å²) in [4.78, 5) is 21.6. The Morgan fingerprint density at radius 3 is 2.50 bits per heavy atom. The van der Waals surface area contributed by atoms with Crippen LogP contribution in [0.1, 0.15) is 5.56 Å². The van der Waals surface area contributed by atoms with Gasteiger partial charge in [-0.25, -0.2) is 4.79 Å². The first kappa shape index (κ1) is 14.0. The van der Waals surface area contributed by atoms with Gasteiger partial charge in [-0.05, 0) is 19.1 Å². The third-order valence-electron chi connectivity index (χ3n) is 2.17. The highest BCUT2D eigenvalue weighted by molar-refractivity contribution is 5.79. The fraction of sp³-hybridized carbons (Fsp3) is 0.333. The minimum atomic E-state index is -1.60. The molecule has 0 unspecified atom stereocenters. The standard InChI is InChI=1S/C12H15NO5/c1-8-2-4-9(5-3-8)18-7-11(15)13-6-10(14)12(16)17/h2-5,10,14H,6-7H2,1H3,(H,13,15)(H,16,17)/t10-/m0/s1. The van der Waals surface area contributed by atoms with Crippen molar-refractivity contribution >= 4 is 11.9 Å². The van der Waals surface area contributed by atoms with Gasteiger partial charge < -0.3 is 20.3 Å². The molecule has 0 saturated carbocycles. The van der Waals surface area contributed by atoms with Crippen LogP contribution >= 0.6 is 0 Å². The number of carboxylic acids is 1. The highest BCUT2D eigenvalue weighted by Gasteiger charge is 2.14. The number of ether oxygens (including phenoxy) is 1. The molecule has 0 bridgehead atoms. The Morgan fingerprint density at radius 1 is 1.33 bits per heavy atom. The molecule has 0 radical (unpaired) electrons. The largest absolute Gasteiger partial charge is 0.484 e. The van der Waals surface area contributed by atoms with Crippen LogP contribution in [-0.2, 0) is 9.59 Å². The summed E-state index contributed by atoms with van der Waals surface area (Å²) in [7, 11) is 0. The van der Waals surface area contributed by atoms with Crippen molar-refractivity contribution < 1.29 is 24.5 Å². The van der Waals surface area contributed by atoms with E-state index < -0.39 is 18.0 Å². The number of amides is 1. The zero-order chi connectivity index (χ0) is 13.5. The molecular formula is C12H15NO5. The molecule has 98 valence electrons. The maximum absolute atomic E-state index is 11.3. The SMILES string of the molecule is Cc1ccc(OCC(=O)NC[C@H](O)C(=O)O)cc1. The highest BCUT2D eigenvalue weighted by Crippen LogP contribution is 2.10. The van der Waals surface area contributed by atoms with Crippen molar-refractivity contribution in [2.75, 3.05) is 13.2 Å². The van der Waals surface area contributed by atoms with Crippen LogP contribution in [-0.4, -0.2) is 41.3 Å². The van der Waals surface area contributed by atoms with E-state index >= 15 is 0 Å². The molecule has 0 fully saturated rings. The number of aliphatic carboxylic acids is 1. The molecule has 1 aromatic carbocycles. The van der Waals surface area contributed by atoms with Crippen LogP contribution in [0.25, 0.3) is 0 Å². The molecule has 1 aromatic rings. The van der Waals surface area contributed by atoms with Gasteiger partial charge in [0.2, 0.25) is 0 Å². The summed E-state index contributed by atoms with van der Waals surface area (Å²) in [5, 5.41) is 19.6. The van der Waals surface area contributed by atoms with Gasteiger partial charge >= 0.3 is 5.97 Å². The Balaban J connectivity index is 2.29. The van der Waals surface area contributed by atoms with Crippen LogP contribution in [0.2, 0.25) is 0 Å². The summed E-state index contributed by atoms with van der Waals surface area (Å²) in [5.41, 5.74) is 1.08. The number of carbonyl (C=O) groups is 2. The minimum absolute atomic E-state index is 0.227. The number of nitrogens with one attached hydrogen (secondary N) is 1. The molecule has 1 atom stereocenters. The molecular weight excluding hydrogens is 238 g/mol. The summed E-state index contributed by atoms with van der Waals surface area (Å²) < 4.78 is 5.17. The van der Waals surface area contributed by atoms with E-state index in [1.54, 1.807) is 12.1 Å². The average molecular weight is 253 g/mol. The van der Waals surface area contributed by atoms with E-state index in [-0.39, 0.29) is 13.2 Å². The summed E-state index contributed by atoms with van der Waals surface area (Å²) in [5.74, 6) is -1.32. The van der Waals surface area contributed by atoms with Crippen molar-refractivity contribution in [2.24, 2.45) is 0 Å². The Hall–Kier alpha value is -2.08. The topological polar surface area (TPSA) is 95.9 Å². The molecule has 0 saturated heterocycles. The van der Waals surface area contributed by atoms with Crippen molar-refractivity contribution in [2.45, 2.75) is 13.0 Å².